The van der Waals surface area contributed by atoms with Crippen LogP contribution in [0.3, 0.4) is 0 Å². The van der Waals surface area contributed by atoms with Crippen molar-refractivity contribution in [3.05, 3.63) is 35.1 Å². The van der Waals surface area contributed by atoms with Crippen molar-refractivity contribution < 1.29 is 0 Å². The lowest BCUT2D eigenvalue weighted by Gasteiger charge is -2.04. The predicted molar refractivity (Wildman–Crippen MR) is 70.3 cm³/mol. The van der Waals surface area contributed by atoms with E-state index in [9.17, 15) is 0 Å². The van der Waals surface area contributed by atoms with E-state index in [1.165, 1.54) is 22.6 Å². The van der Waals surface area contributed by atoms with Gasteiger partial charge in [0.15, 0.2) is 0 Å². The van der Waals surface area contributed by atoms with Gasteiger partial charge in [0, 0.05) is 35.3 Å². The van der Waals surface area contributed by atoms with E-state index >= 15 is 0 Å². The molecule has 1 unspecified atom stereocenters. The summed E-state index contributed by atoms with van der Waals surface area (Å²) in [6.07, 6.45) is 4.88. The summed E-state index contributed by atoms with van der Waals surface area (Å²) >= 11 is 1.83. The number of nitrogens with one attached hydrogen (secondary N) is 1. The van der Waals surface area contributed by atoms with Gasteiger partial charge in [-0.3, -0.25) is 4.98 Å². The van der Waals surface area contributed by atoms with Gasteiger partial charge in [-0.25, -0.2) is 4.98 Å². The molecular weight excluding hydrogens is 230 g/mol. The van der Waals surface area contributed by atoms with Gasteiger partial charge in [0.1, 0.15) is 5.01 Å². The van der Waals surface area contributed by atoms with Gasteiger partial charge in [-0.15, -0.1) is 11.3 Å². The Morgan fingerprint density at radius 3 is 2.88 bits per heavy atom. The molecule has 0 aromatic carbocycles. The average molecular weight is 245 g/mol. The molecule has 0 amide bonds. The summed E-state index contributed by atoms with van der Waals surface area (Å²) < 4.78 is 0. The lowest BCUT2D eigenvalue weighted by atomic mass is 10.1. The molecule has 0 saturated carbocycles. The normalized spacial score (nSPS) is 19.7. The maximum Gasteiger partial charge on any atom is 0.123 e. The molecule has 2 aromatic heterocycles. The summed E-state index contributed by atoms with van der Waals surface area (Å²) in [5, 5.41) is 4.53. The molecule has 1 aliphatic heterocycles. The van der Waals surface area contributed by atoms with Crippen LogP contribution in [0.4, 0.5) is 0 Å². The average Bonchev–Trinajstić information content (AvgIpc) is 2.99. The van der Waals surface area contributed by atoms with Gasteiger partial charge in [-0.1, -0.05) is 0 Å². The predicted octanol–water partition coefficient (Wildman–Crippen LogP) is 2.59. The highest BCUT2D eigenvalue weighted by atomic mass is 32.1. The standard InChI is InChI=1S/C13H15N3S/c1-9-12(11-4-7-15-8-11)17-13(16-9)10-2-5-14-6-3-10/h2-3,5-6,11,15H,4,7-8H2,1H3. The minimum Gasteiger partial charge on any atom is -0.316 e. The zero-order valence-electron chi connectivity index (χ0n) is 9.81. The molecule has 3 rings (SSSR count). The first-order valence-corrected chi connectivity index (χ1v) is 6.74. The van der Waals surface area contributed by atoms with Gasteiger partial charge >= 0.3 is 0 Å². The number of thiazole rings is 1. The number of aryl methyl sites for hydroxylation is 1. The Bertz CT molecular complexity index is 501. The molecule has 2 aromatic rings. The van der Waals surface area contributed by atoms with E-state index in [0.717, 1.165) is 18.1 Å². The second-order valence-electron chi connectivity index (χ2n) is 4.39. The summed E-state index contributed by atoms with van der Waals surface area (Å²) in [4.78, 5) is 10.2. The van der Waals surface area contributed by atoms with E-state index in [4.69, 9.17) is 0 Å². The number of nitrogens with zero attached hydrogens (tertiary/aromatic N) is 2. The summed E-state index contributed by atoms with van der Waals surface area (Å²) in [7, 11) is 0. The third kappa shape index (κ3) is 2.10. The number of hydrogen-bond acceptors (Lipinski definition) is 4. The lowest BCUT2D eigenvalue weighted by Crippen LogP contribution is -2.07. The topological polar surface area (TPSA) is 37.8 Å². The van der Waals surface area contributed by atoms with Crippen molar-refractivity contribution in [1.82, 2.24) is 15.3 Å². The van der Waals surface area contributed by atoms with E-state index < -0.39 is 0 Å². The van der Waals surface area contributed by atoms with Crippen LogP contribution >= 0.6 is 11.3 Å². The van der Waals surface area contributed by atoms with E-state index in [-0.39, 0.29) is 0 Å². The fourth-order valence-corrected chi connectivity index (χ4v) is 3.49. The fourth-order valence-electron chi connectivity index (χ4n) is 2.28. The van der Waals surface area contributed by atoms with Crippen molar-refractivity contribution in [3.63, 3.8) is 0 Å². The second kappa shape index (κ2) is 4.55. The minimum atomic E-state index is 0.656. The molecule has 3 heterocycles. The number of hydrogen-bond donors (Lipinski definition) is 1. The fraction of sp³-hybridized carbons (Fsp3) is 0.385. The van der Waals surface area contributed by atoms with Crippen molar-refractivity contribution in [1.29, 1.82) is 0 Å². The van der Waals surface area contributed by atoms with Crippen LogP contribution in [0.25, 0.3) is 10.6 Å². The highest BCUT2D eigenvalue weighted by molar-refractivity contribution is 7.15. The molecule has 1 atom stereocenters. The summed E-state index contributed by atoms with van der Waals surface area (Å²) in [6, 6.07) is 4.05. The SMILES string of the molecule is Cc1nc(-c2ccncc2)sc1C1CCNC1. The quantitative estimate of drug-likeness (QED) is 0.883. The Labute approximate surface area is 105 Å². The summed E-state index contributed by atoms with van der Waals surface area (Å²) in [5.41, 5.74) is 2.36. The van der Waals surface area contributed by atoms with Crippen molar-refractivity contribution in [3.8, 4) is 10.6 Å². The van der Waals surface area contributed by atoms with Gasteiger partial charge in [0.05, 0.1) is 5.69 Å². The van der Waals surface area contributed by atoms with Gasteiger partial charge in [-0.2, -0.15) is 0 Å². The number of rotatable bonds is 2. The Morgan fingerprint density at radius 1 is 1.35 bits per heavy atom. The summed E-state index contributed by atoms with van der Waals surface area (Å²) in [5.74, 6) is 0.656. The van der Waals surface area contributed by atoms with Crippen LogP contribution in [0, 0.1) is 6.92 Å². The van der Waals surface area contributed by atoms with Gasteiger partial charge in [0.25, 0.3) is 0 Å². The summed E-state index contributed by atoms with van der Waals surface area (Å²) in [6.45, 7) is 4.35. The molecule has 0 bridgehead atoms. The van der Waals surface area contributed by atoms with Crippen LogP contribution in [0.5, 0.6) is 0 Å². The van der Waals surface area contributed by atoms with Crippen LogP contribution in [-0.4, -0.2) is 23.1 Å². The molecular formula is C13H15N3S. The van der Waals surface area contributed by atoms with E-state index in [2.05, 4.69) is 22.2 Å². The molecule has 4 heteroatoms. The largest absolute Gasteiger partial charge is 0.316 e. The van der Waals surface area contributed by atoms with E-state index in [1.807, 2.05) is 35.9 Å². The lowest BCUT2D eigenvalue weighted by molar-refractivity contribution is 0.770. The Kier molecular flexibility index (Phi) is 2.91. The molecule has 17 heavy (non-hydrogen) atoms. The van der Waals surface area contributed by atoms with Crippen molar-refractivity contribution in [2.75, 3.05) is 13.1 Å². The first-order chi connectivity index (χ1) is 8.34. The highest BCUT2D eigenvalue weighted by Crippen LogP contribution is 2.34. The molecule has 1 saturated heterocycles. The molecule has 1 fully saturated rings. The Hall–Kier alpha value is -1.26. The van der Waals surface area contributed by atoms with Crippen LogP contribution in [-0.2, 0) is 0 Å². The van der Waals surface area contributed by atoms with Crippen molar-refractivity contribution in [2.24, 2.45) is 0 Å². The smallest absolute Gasteiger partial charge is 0.123 e. The molecule has 0 radical (unpaired) electrons. The zero-order valence-corrected chi connectivity index (χ0v) is 10.6. The minimum absolute atomic E-state index is 0.656. The number of aromatic nitrogens is 2. The Balaban J connectivity index is 1.95. The maximum atomic E-state index is 4.69. The zero-order chi connectivity index (χ0) is 11.7. The molecule has 3 nitrogen and oxygen atoms in total. The van der Waals surface area contributed by atoms with Gasteiger partial charge < -0.3 is 5.32 Å². The first kappa shape index (κ1) is 10.9. The van der Waals surface area contributed by atoms with Crippen LogP contribution < -0.4 is 5.32 Å². The number of pyridine rings is 1. The second-order valence-corrected chi connectivity index (χ2v) is 5.42. The monoisotopic (exact) mass is 245 g/mol. The van der Waals surface area contributed by atoms with Crippen LogP contribution in [0.2, 0.25) is 0 Å². The van der Waals surface area contributed by atoms with Crippen molar-refractivity contribution in [2.45, 2.75) is 19.3 Å². The van der Waals surface area contributed by atoms with E-state index in [0.29, 0.717) is 5.92 Å². The van der Waals surface area contributed by atoms with Gasteiger partial charge in [-0.05, 0) is 32.0 Å². The maximum absolute atomic E-state index is 4.69. The third-order valence-corrected chi connectivity index (χ3v) is 4.56. The van der Waals surface area contributed by atoms with Crippen LogP contribution in [0.1, 0.15) is 22.9 Å². The molecule has 0 spiro atoms. The first-order valence-electron chi connectivity index (χ1n) is 5.93. The van der Waals surface area contributed by atoms with Crippen LogP contribution in [0.15, 0.2) is 24.5 Å². The Morgan fingerprint density at radius 2 is 2.18 bits per heavy atom. The van der Waals surface area contributed by atoms with Gasteiger partial charge in [0.2, 0.25) is 0 Å². The van der Waals surface area contributed by atoms with Crippen molar-refractivity contribution >= 4 is 11.3 Å². The van der Waals surface area contributed by atoms with E-state index in [1.54, 1.807) is 0 Å². The molecule has 0 aliphatic carbocycles. The highest BCUT2D eigenvalue weighted by Gasteiger charge is 2.22. The molecule has 1 N–H and O–H groups in total. The molecule has 88 valence electrons. The third-order valence-electron chi connectivity index (χ3n) is 3.19. The molecule has 1 aliphatic rings.